The first kappa shape index (κ1) is 15.2. The SMILES string of the molecule is COc1ccc(COc2ccc3oc(-c4ccncc4)cc3c2)nc1. The van der Waals surface area contributed by atoms with Gasteiger partial charge in [-0.1, -0.05) is 0 Å². The zero-order valence-electron chi connectivity index (χ0n) is 13.7. The van der Waals surface area contributed by atoms with Crippen LogP contribution in [-0.4, -0.2) is 17.1 Å². The molecule has 0 atom stereocenters. The van der Waals surface area contributed by atoms with Gasteiger partial charge in [0, 0.05) is 23.3 Å². The third-order valence-electron chi connectivity index (χ3n) is 3.87. The quantitative estimate of drug-likeness (QED) is 0.539. The number of nitrogens with zero attached hydrogens (tertiary/aromatic N) is 2. The number of aromatic nitrogens is 2. The molecule has 0 spiro atoms. The highest BCUT2D eigenvalue weighted by Gasteiger charge is 2.07. The molecule has 0 aliphatic heterocycles. The maximum atomic E-state index is 5.89. The zero-order valence-corrected chi connectivity index (χ0v) is 13.7. The number of methoxy groups -OCH3 is 1. The highest BCUT2D eigenvalue weighted by molar-refractivity contribution is 5.84. The van der Waals surface area contributed by atoms with Crippen LogP contribution < -0.4 is 9.47 Å². The van der Waals surface area contributed by atoms with E-state index in [9.17, 15) is 0 Å². The number of hydrogen-bond donors (Lipinski definition) is 0. The van der Waals surface area contributed by atoms with Gasteiger partial charge >= 0.3 is 0 Å². The fourth-order valence-electron chi connectivity index (χ4n) is 2.54. The van der Waals surface area contributed by atoms with Crippen LogP contribution in [0.5, 0.6) is 11.5 Å². The minimum atomic E-state index is 0.393. The van der Waals surface area contributed by atoms with E-state index in [1.54, 1.807) is 25.7 Å². The van der Waals surface area contributed by atoms with Gasteiger partial charge in [0.05, 0.1) is 19.0 Å². The van der Waals surface area contributed by atoms with Crippen molar-refractivity contribution < 1.29 is 13.9 Å². The number of fused-ring (bicyclic) bond motifs is 1. The second kappa shape index (κ2) is 6.65. The molecule has 0 aliphatic rings. The molecule has 5 nitrogen and oxygen atoms in total. The summed E-state index contributed by atoms with van der Waals surface area (Å²) in [5.41, 5.74) is 2.66. The standard InChI is InChI=1S/C20H16N2O3/c1-23-18-3-2-16(22-12-18)13-24-17-4-5-19-15(10-17)11-20(25-19)14-6-8-21-9-7-14/h2-12H,13H2,1H3. The van der Waals surface area contributed by atoms with Crippen molar-refractivity contribution in [3.05, 3.63) is 72.8 Å². The monoisotopic (exact) mass is 332 g/mol. The van der Waals surface area contributed by atoms with E-state index in [-0.39, 0.29) is 0 Å². The van der Waals surface area contributed by atoms with Crippen molar-refractivity contribution in [1.29, 1.82) is 0 Å². The molecule has 0 amide bonds. The van der Waals surface area contributed by atoms with Gasteiger partial charge in [-0.2, -0.15) is 0 Å². The summed E-state index contributed by atoms with van der Waals surface area (Å²) in [6.07, 6.45) is 5.18. The number of benzene rings is 1. The Hall–Kier alpha value is -3.34. The summed E-state index contributed by atoms with van der Waals surface area (Å²) in [7, 11) is 1.62. The Morgan fingerprint density at radius 1 is 0.960 bits per heavy atom. The first-order valence-corrected chi connectivity index (χ1v) is 7.87. The molecule has 4 rings (SSSR count). The second-order valence-corrected chi connectivity index (χ2v) is 5.52. The maximum Gasteiger partial charge on any atom is 0.137 e. The average Bonchev–Trinajstić information content (AvgIpc) is 3.11. The van der Waals surface area contributed by atoms with E-state index in [1.807, 2.05) is 48.5 Å². The predicted molar refractivity (Wildman–Crippen MR) is 94.6 cm³/mol. The summed E-state index contributed by atoms with van der Waals surface area (Å²) in [6, 6.07) is 15.4. The minimum Gasteiger partial charge on any atom is -0.495 e. The molecule has 25 heavy (non-hydrogen) atoms. The molecule has 124 valence electrons. The molecule has 3 aromatic heterocycles. The van der Waals surface area contributed by atoms with Crippen LogP contribution in [0, 0.1) is 0 Å². The molecule has 0 aliphatic carbocycles. The molecule has 0 saturated carbocycles. The van der Waals surface area contributed by atoms with Gasteiger partial charge in [-0.3, -0.25) is 9.97 Å². The third-order valence-corrected chi connectivity index (χ3v) is 3.87. The molecule has 0 radical (unpaired) electrons. The molecule has 0 bridgehead atoms. The van der Waals surface area contributed by atoms with Crippen molar-refractivity contribution in [2.24, 2.45) is 0 Å². The summed E-state index contributed by atoms with van der Waals surface area (Å²) >= 11 is 0. The van der Waals surface area contributed by atoms with Crippen LogP contribution in [0.2, 0.25) is 0 Å². The zero-order chi connectivity index (χ0) is 17.1. The summed E-state index contributed by atoms with van der Waals surface area (Å²) in [5, 5.41) is 0.993. The largest absolute Gasteiger partial charge is 0.495 e. The smallest absolute Gasteiger partial charge is 0.137 e. The predicted octanol–water partition coefficient (Wildman–Crippen LogP) is 4.48. The Kier molecular flexibility index (Phi) is 4.04. The molecule has 4 aromatic rings. The molecular formula is C20H16N2O3. The third kappa shape index (κ3) is 3.30. The van der Waals surface area contributed by atoms with Crippen LogP contribution in [0.3, 0.4) is 0 Å². The van der Waals surface area contributed by atoms with E-state index >= 15 is 0 Å². The summed E-state index contributed by atoms with van der Waals surface area (Å²) in [6.45, 7) is 0.393. The summed E-state index contributed by atoms with van der Waals surface area (Å²) < 4.78 is 16.8. The lowest BCUT2D eigenvalue weighted by molar-refractivity contribution is 0.301. The topological polar surface area (TPSA) is 57.4 Å². The number of furan rings is 1. The number of rotatable bonds is 5. The Bertz CT molecular complexity index is 979. The van der Waals surface area contributed by atoms with Crippen LogP contribution in [-0.2, 0) is 6.61 Å². The van der Waals surface area contributed by atoms with E-state index in [2.05, 4.69) is 9.97 Å². The summed E-state index contributed by atoms with van der Waals surface area (Å²) in [4.78, 5) is 8.32. The fourth-order valence-corrected chi connectivity index (χ4v) is 2.54. The average molecular weight is 332 g/mol. The van der Waals surface area contributed by atoms with Gasteiger partial charge < -0.3 is 13.9 Å². The molecule has 0 unspecified atom stereocenters. The lowest BCUT2D eigenvalue weighted by Gasteiger charge is -2.06. The Balaban J connectivity index is 1.52. The van der Waals surface area contributed by atoms with Crippen molar-refractivity contribution >= 4 is 11.0 Å². The van der Waals surface area contributed by atoms with Crippen molar-refractivity contribution in [1.82, 2.24) is 9.97 Å². The van der Waals surface area contributed by atoms with E-state index in [1.165, 1.54) is 0 Å². The highest BCUT2D eigenvalue weighted by atomic mass is 16.5. The van der Waals surface area contributed by atoms with Gasteiger partial charge in [-0.05, 0) is 48.5 Å². The first-order valence-electron chi connectivity index (χ1n) is 7.87. The lowest BCUT2D eigenvalue weighted by Crippen LogP contribution is -1.98. The normalized spacial score (nSPS) is 10.8. The molecule has 0 N–H and O–H groups in total. The Morgan fingerprint density at radius 3 is 2.56 bits per heavy atom. The van der Waals surface area contributed by atoms with E-state index < -0.39 is 0 Å². The van der Waals surface area contributed by atoms with Crippen molar-refractivity contribution in [2.75, 3.05) is 7.11 Å². The van der Waals surface area contributed by atoms with Gasteiger partial charge in [0.15, 0.2) is 0 Å². The van der Waals surface area contributed by atoms with E-state index in [0.29, 0.717) is 6.61 Å². The first-order chi connectivity index (χ1) is 12.3. The van der Waals surface area contributed by atoms with Crippen molar-refractivity contribution in [2.45, 2.75) is 6.61 Å². The lowest BCUT2D eigenvalue weighted by atomic mass is 10.2. The van der Waals surface area contributed by atoms with Crippen LogP contribution >= 0.6 is 0 Å². The second-order valence-electron chi connectivity index (χ2n) is 5.52. The van der Waals surface area contributed by atoms with Crippen molar-refractivity contribution in [3.63, 3.8) is 0 Å². The Morgan fingerprint density at radius 2 is 1.80 bits per heavy atom. The molecule has 0 fully saturated rings. The molecule has 1 aromatic carbocycles. The summed E-state index contributed by atoms with van der Waals surface area (Å²) in [5.74, 6) is 2.31. The molecule has 0 saturated heterocycles. The van der Waals surface area contributed by atoms with Crippen LogP contribution in [0.1, 0.15) is 5.69 Å². The van der Waals surface area contributed by atoms with E-state index in [0.717, 1.165) is 39.5 Å². The number of ether oxygens (including phenoxy) is 2. The van der Waals surface area contributed by atoms with Gasteiger partial charge in [-0.25, -0.2) is 0 Å². The van der Waals surface area contributed by atoms with Crippen LogP contribution in [0.4, 0.5) is 0 Å². The maximum absolute atomic E-state index is 5.89. The highest BCUT2D eigenvalue weighted by Crippen LogP contribution is 2.30. The number of pyridine rings is 2. The van der Waals surface area contributed by atoms with Crippen LogP contribution in [0.15, 0.2) is 71.5 Å². The number of hydrogen-bond acceptors (Lipinski definition) is 5. The molecule has 3 heterocycles. The van der Waals surface area contributed by atoms with Gasteiger partial charge in [-0.15, -0.1) is 0 Å². The van der Waals surface area contributed by atoms with Gasteiger partial charge in [0.1, 0.15) is 29.4 Å². The molecular weight excluding hydrogens is 316 g/mol. The van der Waals surface area contributed by atoms with Crippen molar-refractivity contribution in [3.8, 4) is 22.8 Å². The van der Waals surface area contributed by atoms with Gasteiger partial charge in [0.2, 0.25) is 0 Å². The van der Waals surface area contributed by atoms with Gasteiger partial charge in [0.25, 0.3) is 0 Å². The van der Waals surface area contributed by atoms with Crippen LogP contribution in [0.25, 0.3) is 22.3 Å². The molecule has 5 heteroatoms. The van der Waals surface area contributed by atoms with E-state index in [4.69, 9.17) is 13.9 Å². The fraction of sp³-hybridized carbons (Fsp3) is 0.100. The minimum absolute atomic E-state index is 0.393. The Labute approximate surface area is 144 Å².